The number of nitrogens with zero attached hydrogens (tertiary/aromatic N) is 2. The summed E-state index contributed by atoms with van der Waals surface area (Å²) in [7, 11) is 5.16. The van der Waals surface area contributed by atoms with Crippen molar-refractivity contribution in [1.29, 1.82) is 0 Å². The number of nitrogens with one attached hydrogen (secondary N) is 2. The van der Waals surface area contributed by atoms with Gasteiger partial charge in [0, 0.05) is 27.2 Å². The molecule has 0 fully saturated rings. The maximum absolute atomic E-state index is 11.8. The van der Waals surface area contributed by atoms with Crippen LogP contribution in [-0.2, 0) is 11.2 Å². The summed E-state index contributed by atoms with van der Waals surface area (Å²) in [4.78, 5) is 17.7. The molecule has 0 aromatic heterocycles. The Morgan fingerprint density at radius 3 is 2.44 bits per heavy atom. The Morgan fingerprint density at radius 2 is 1.89 bits per heavy atom. The predicted octanol–water partition coefficient (Wildman–Crippen LogP) is 2.92. The fourth-order valence-corrected chi connectivity index (χ4v) is 2.35. The highest BCUT2D eigenvalue weighted by Gasteiger charge is 2.08. The number of hydrogen-bond donors (Lipinski definition) is 2. The van der Waals surface area contributed by atoms with Gasteiger partial charge >= 0.3 is 0 Å². The van der Waals surface area contributed by atoms with E-state index in [4.69, 9.17) is 4.74 Å². The molecule has 154 valence electrons. The number of amides is 1. The van der Waals surface area contributed by atoms with Crippen LogP contribution in [0.2, 0.25) is 0 Å². The van der Waals surface area contributed by atoms with Gasteiger partial charge in [0.05, 0.1) is 7.11 Å². The van der Waals surface area contributed by atoms with E-state index in [1.54, 1.807) is 26.1 Å². The highest BCUT2D eigenvalue weighted by Crippen LogP contribution is 2.14. The van der Waals surface area contributed by atoms with Crippen molar-refractivity contribution in [2.75, 3.05) is 40.8 Å². The number of ether oxygens (including phenoxy) is 1. The molecule has 0 aliphatic heterocycles. The number of carbonyl (C=O) groups excluding carboxylic acids is 1. The number of unbranched alkanes of at least 4 members (excludes halogenated alkanes) is 1. The first-order chi connectivity index (χ1) is 12.5. The normalized spacial score (nSPS) is 12.0. The Bertz CT molecular complexity index is 562. The number of hydrogen-bond acceptors (Lipinski definition) is 3. The van der Waals surface area contributed by atoms with E-state index in [1.807, 2.05) is 12.1 Å². The van der Waals surface area contributed by atoms with Gasteiger partial charge < -0.3 is 20.3 Å². The largest absolute Gasteiger partial charge is 0.497 e. The van der Waals surface area contributed by atoms with Crippen LogP contribution in [0, 0.1) is 5.92 Å². The van der Waals surface area contributed by atoms with Gasteiger partial charge in [0.2, 0.25) is 5.91 Å². The van der Waals surface area contributed by atoms with Gasteiger partial charge in [0.25, 0.3) is 0 Å². The number of likely N-dealkylation sites (N-methyl/N-ethyl adjacent to an activating group) is 1. The average Bonchev–Trinajstić information content (AvgIpc) is 2.63. The average molecular weight is 490 g/mol. The molecule has 6 nitrogen and oxygen atoms in total. The molecule has 1 aromatic rings. The third-order valence-electron chi connectivity index (χ3n) is 4.06. The Labute approximate surface area is 181 Å². The van der Waals surface area contributed by atoms with E-state index in [0.717, 1.165) is 38.1 Å². The van der Waals surface area contributed by atoms with Crippen molar-refractivity contribution in [3.8, 4) is 5.75 Å². The first-order valence-electron chi connectivity index (χ1n) is 9.31. The van der Waals surface area contributed by atoms with Crippen LogP contribution in [0.5, 0.6) is 5.75 Å². The van der Waals surface area contributed by atoms with Gasteiger partial charge in [-0.2, -0.15) is 0 Å². The van der Waals surface area contributed by atoms with Crippen LogP contribution in [0.4, 0.5) is 0 Å². The van der Waals surface area contributed by atoms with E-state index in [0.29, 0.717) is 11.9 Å². The lowest BCUT2D eigenvalue weighted by Crippen LogP contribution is -2.41. The van der Waals surface area contributed by atoms with Crippen LogP contribution in [0.15, 0.2) is 29.3 Å². The van der Waals surface area contributed by atoms with E-state index >= 15 is 0 Å². The van der Waals surface area contributed by atoms with Crippen molar-refractivity contribution in [2.45, 2.75) is 33.1 Å². The zero-order chi connectivity index (χ0) is 19.4. The zero-order valence-corrected chi connectivity index (χ0v) is 19.6. The maximum Gasteiger partial charge on any atom is 0.243 e. The third kappa shape index (κ3) is 11.0. The van der Waals surface area contributed by atoms with Crippen molar-refractivity contribution < 1.29 is 9.53 Å². The monoisotopic (exact) mass is 490 g/mol. The quantitative estimate of drug-likeness (QED) is 0.229. The second-order valence-electron chi connectivity index (χ2n) is 6.77. The Hall–Kier alpha value is -1.51. The summed E-state index contributed by atoms with van der Waals surface area (Å²) in [5, 5.41) is 6.66. The van der Waals surface area contributed by atoms with Crippen LogP contribution in [-0.4, -0.2) is 57.6 Å². The van der Waals surface area contributed by atoms with Gasteiger partial charge in [-0.1, -0.05) is 32.4 Å². The van der Waals surface area contributed by atoms with Crippen LogP contribution < -0.4 is 15.4 Å². The summed E-state index contributed by atoms with van der Waals surface area (Å²) in [6.07, 6.45) is 3.16. The van der Waals surface area contributed by atoms with Gasteiger partial charge in [-0.25, -0.2) is 4.99 Å². The van der Waals surface area contributed by atoms with E-state index in [9.17, 15) is 4.79 Å². The second-order valence-corrected chi connectivity index (χ2v) is 6.77. The first kappa shape index (κ1) is 25.5. The number of rotatable bonds is 10. The molecule has 0 saturated carbocycles. The van der Waals surface area contributed by atoms with E-state index in [-0.39, 0.29) is 36.4 Å². The van der Waals surface area contributed by atoms with Crippen LogP contribution in [0.1, 0.15) is 32.3 Å². The van der Waals surface area contributed by atoms with Crippen molar-refractivity contribution in [1.82, 2.24) is 15.5 Å². The molecular formula is C20H35IN4O2. The lowest BCUT2D eigenvalue weighted by Gasteiger charge is -2.17. The summed E-state index contributed by atoms with van der Waals surface area (Å²) in [5.74, 6) is 2.01. The van der Waals surface area contributed by atoms with Crippen LogP contribution in [0.3, 0.4) is 0 Å². The Morgan fingerprint density at radius 1 is 1.22 bits per heavy atom. The molecular weight excluding hydrogens is 455 g/mol. The van der Waals surface area contributed by atoms with E-state index in [2.05, 4.69) is 41.6 Å². The molecule has 0 radical (unpaired) electrons. The fourth-order valence-electron chi connectivity index (χ4n) is 2.35. The number of benzene rings is 1. The molecule has 0 aliphatic rings. The summed E-state index contributed by atoms with van der Waals surface area (Å²) in [6.45, 7) is 6.15. The minimum atomic E-state index is -0.00660. The van der Waals surface area contributed by atoms with E-state index < -0.39 is 0 Å². The molecule has 1 atom stereocenters. The molecule has 0 saturated heterocycles. The lowest BCUT2D eigenvalue weighted by atomic mass is 10.0. The zero-order valence-electron chi connectivity index (χ0n) is 17.2. The summed E-state index contributed by atoms with van der Waals surface area (Å²) >= 11 is 0. The molecule has 1 rings (SSSR count). The third-order valence-corrected chi connectivity index (χ3v) is 4.06. The number of halogens is 1. The topological polar surface area (TPSA) is 66.0 Å². The van der Waals surface area contributed by atoms with E-state index in [1.165, 1.54) is 5.56 Å². The summed E-state index contributed by atoms with van der Waals surface area (Å²) in [5.41, 5.74) is 1.28. The Balaban J connectivity index is 0.00000676. The molecule has 1 amide bonds. The smallest absolute Gasteiger partial charge is 0.243 e. The minimum Gasteiger partial charge on any atom is -0.497 e. The molecule has 7 heteroatoms. The van der Waals surface area contributed by atoms with Gasteiger partial charge in [-0.15, -0.1) is 24.0 Å². The van der Waals surface area contributed by atoms with Crippen molar-refractivity contribution >= 4 is 35.8 Å². The number of guanidine groups is 1. The number of carbonyl (C=O) groups is 1. The standard InChI is InChI=1S/C20H34N4O2.HI/c1-6-7-12-21-20(23-15-19(25)24(3)4)22-14-16(2)13-17-8-10-18(26-5)11-9-17;/h8-11,16H,6-7,12-15H2,1-5H3,(H2,21,22,23);1H. The van der Waals surface area contributed by atoms with Crippen LogP contribution in [0.25, 0.3) is 0 Å². The lowest BCUT2D eigenvalue weighted by molar-refractivity contribution is -0.127. The summed E-state index contributed by atoms with van der Waals surface area (Å²) < 4.78 is 5.20. The number of aliphatic imine (C=N–C) groups is 1. The van der Waals surface area contributed by atoms with Crippen LogP contribution >= 0.6 is 24.0 Å². The minimum absolute atomic E-state index is 0. The second kappa shape index (κ2) is 14.5. The van der Waals surface area contributed by atoms with Crippen molar-refractivity contribution in [2.24, 2.45) is 10.9 Å². The molecule has 2 N–H and O–H groups in total. The van der Waals surface area contributed by atoms with Gasteiger partial charge in [0.1, 0.15) is 12.3 Å². The van der Waals surface area contributed by atoms with Gasteiger partial charge in [-0.05, 0) is 36.5 Å². The molecule has 0 aliphatic carbocycles. The van der Waals surface area contributed by atoms with Crippen molar-refractivity contribution in [3.63, 3.8) is 0 Å². The molecule has 27 heavy (non-hydrogen) atoms. The number of methoxy groups -OCH3 is 1. The van der Waals surface area contributed by atoms with Gasteiger partial charge in [0.15, 0.2) is 5.96 Å². The highest BCUT2D eigenvalue weighted by molar-refractivity contribution is 14.0. The fraction of sp³-hybridized carbons (Fsp3) is 0.600. The van der Waals surface area contributed by atoms with Crippen molar-refractivity contribution in [3.05, 3.63) is 29.8 Å². The Kier molecular flexibility index (Phi) is 13.7. The molecule has 0 heterocycles. The molecule has 1 aromatic carbocycles. The highest BCUT2D eigenvalue weighted by atomic mass is 127. The van der Waals surface area contributed by atoms with Gasteiger partial charge in [-0.3, -0.25) is 4.79 Å². The first-order valence-corrected chi connectivity index (χ1v) is 9.31. The molecule has 0 spiro atoms. The maximum atomic E-state index is 11.8. The predicted molar refractivity (Wildman–Crippen MR) is 123 cm³/mol. The summed E-state index contributed by atoms with van der Waals surface area (Å²) in [6, 6.07) is 8.17. The SMILES string of the molecule is CCCCNC(=NCC(=O)N(C)C)NCC(C)Cc1ccc(OC)cc1.I. The molecule has 0 bridgehead atoms. The molecule has 1 unspecified atom stereocenters.